The first-order valence-corrected chi connectivity index (χ1v) is 17.9. The molecule has 0 spiro atoms. The zero-order valence-electron chi connectivity index (χ0n) is 26.6. The normalized spacial score (nSPS) is 19.1. The molecule has 0 fully saturated rings. The second kappa shape index (κ2) is 12.0. The monoisotopic (exact) mass is 661 g/mol. The Kier molecular flexibility index (Phi) is 7.64. The molecular formula is C38H36FN5O3S. The molecule has 3 atom stereocenters. The lowest BCUT2D eigenvalue weighted by molar-refractivity contribution is 0.248. The first-order chi connectivity index (χ1) is 23.3. The molecule has 244 valence electrons. The number of nitrogens with zero attached hydrogens (tertiary/aromatic N) is 3. The van der Waals surface area contributed by atoms with Crippen LogP contribution >= 0.6 is 0 Å². The average Bonchev–Trinajstić information content (AvgIpc) is 3.89. The Balaban J connectivity index is 1.33. The van der Waals surface area contributed by atoms with Gasteiger partial charge in [-0.15, -0.1) is 4.36 Å². The lowest BCUT2D eigenvalue weighted by Gasteiger charge is -2.37. The Morgan fingerprint density at radius 2 is 1.54 bits per heavy atom. The van der Waals surface area contributed by atoms with Gasteiger partial charge in [-0.25, -0.2) is 22.8 Å². The van der Waals surface area contributed by atoms with Crippen molar-refractivity contribution in [2.45, 2.75) is 68.3 Å². The maximum Gasteiger partial charge on any atom is 0.354 e. The standard InChI is InChI=1S/C38H36FN5O3S/c1-25-24-44-36(47-25)34(23-40-44)48(46,42-37(45)41-35-32-19-11-12-26(32)20-27-21-31(39)22-33(27)35)43-38(28-13-5-2-6-14-28,29-15-7-3-8-16-29)30-17-9-4-10-18-30/h2-10,13-18,20,23,25,31H,11-12,19,21-22,24H2,1H3,(H2,41,42,43,45,46)/t25?,31-,48?/m0/s1. The molecular weight excluding hydrogens is 626 g/mol. The fourth-order valence-electron chi connectivity index (χ4n) is 7.54. The summed E-state index contributed by atoms with van der Waals surface area (Å²) in [5.74, 6) is 0.307. The molecule has 0 radical (unpaired) electrons. The van der Waals surface area contributed by atoms with Gasteiger partial charge in [-0.3, -0.25) is 0 Å². The Bertz CT molecular complexity index is 2030. The number of halogens is 1. The Morgan fingerprint density at radius 3 is 2.17 bits per heavy atom. The molecule has 3 aliphatic rings. The van der Waals surface area contributed by atoms with Crippen molar-refractivity contribution < 1.29 is 18.1 Å². The SMILES string of the molecule is CC1Cn2ncc(S(=O)(=NC(=O)Nc3c4c(cc5c3C[C@@H](F)C5)CCC4)NC(c3ccccc3)(c3ccccc3)c3ccccc3)c2O1. The number of hydrogen-bond acceptors (Lipinski definition) is 4. The van der Waals surface area contributed by atoms with E-state index in [4.69, 9.17) is 4.74 Å². The van der Waals surface area contributed by atoms with Gasteiger partial charge >= 0.3 is 6.03 Å². The maximum absolute atomic E-state index is 15.8. The number of nitrogens with one attached hydrogen (secondary N) is 2. The number of benzene rings is 4. The molecule has 2 heterocycles. The lowest BCUT2D eigenvalue weighted by Crippen LogP contribution is -2.48. The highest BCUT2D eigenvalue weighted by Gasteiger charge is 2.42. The van der Waals surface area contributed by atoms with Crippen molar-refractivity contribution in [1.82, 2.24) is 14.5 Å². The number of aryl methyl sites for hydroxylation is 1. The van der Waals surface area contributed by atoms with Crippen molar-refractivity contribution >= 4 is 21.6 Å². The van der Waals surface area contributed by atoms with E-state index in [2.05, 4.69) is 25.6 Å². The predicted octanol–water partition coefficient (Wildman–Crippen LogP) is 7.15. The van der Waals surface area contributed by atoms with Crippen LogP contribution in [0.1, 0.15) is 52.3 Å². The molecule has 2 N–H and O–H groups in total. The van der Waals surface area contributed by atoms with Crippen molar-refractivity contribution in [3.8, 4) is 5.88 Å². The average molecular weight is 662 g/mol. The topological polar surface area (TPSA) is 97.6 Å². The summed E-state index contributed by atoms with van der Waals surface area (Å²) in [6, 6.07) is 30.5. The van der Waals surface area contributed by atoms with Gasteiger partial charge in [0.15, 0.2) is 9.92 Å². The molecule has 0 saturated heterocycles. The summed E-state index contributed by atoms with van der Waals surface area (Å²) in [5, 5.41) is 7.50. The van der Waals surface area contributed by atoms with Crippen molar-refractivity contribution in [3.05, 3.63) is 142 Å². The minimum Gasteiger partial charge on any atom is -0.472 e. The van der Waals surface area contributed by atoms with E-state index in [0.29, 0.717) is 24.5 Å². The Morgan fingerprint density at radius 1 is 0.917 bits per heavy atom. The van der Waals surface area contributed by atoms with Crippen molar-refractivity contribution in [2.75, 3.05) is 5.32 Å². The van der Waals surface area contributed by atoms with Crippen LogP contribution in [0.25, 0.3) is 0 Å². The Hall–Kier alpha value is -4.80. The summed E-state index contributed by atoms with van der Waals surface area (Å²) >= 11 is 0. The van der Waals surface area contributed by atoms with E-state index < -0.39 is 27.7 Å². The van der Waals surface area contributed by atoms with Gasteiger partial charge in [-0.2, -0.15) is 5.10 Å². The van der Waals surface area contributed by atoms with E-state index in [-0.39, 0.29) is 17.4 Å². The molecule has 8 rings (SSSR count). The van der Waals surface area contributed by atoms with Crippen LogP contribution in [0.2, 0.25) is 0 Å². The number of aromatic nitrogens is 2. The van der Waals surface area contributed by atoms with Crippen molar-refractivity contribution in [1.29, 1.82) is 0 Å². The third kappa shape index (κ3) is 5.20. The maximum atomic E-state index is 15.8. The first kappa shape index (κ1) is 30.5. The smallest absolute Gasteiger partial charge is 0.354 e. The van der Waals surface area contributed by atoms with Crippen LogP contribution in [0.5, 0.6) is 5.88 Å². The van der Waals surface area contributed by atoms with Crippen LogP contribution in [-0.4, -0.2) is 32.3 Å². The first-order valence-electron chi connectivity index (χ1n) is 16.4. The Labute approximate surface area is 279 Å². The highest BCUT2D eigenvalue weighted by molar-refractivity contribution is 7.92. The third-order valence-corrected chi connectivity index (χ3v) is 11.5. The number of alkyl halides is 1. The van der Waals surface area contributed by atoms with Crippen LogP contribution in [0.4, 0.5) is 14.9 Å². The molecule has 0 saturated carbocycles. The molecule has 2 aliphatic carbocycles. The van der Waals surface area contributed by atoms with Crippen LogP contribution in [0.3, 0.4) is 0 Å². The van der Waals surface area contributed by atoms with Crippen LogP contribution in [0, 0.1) is 0 Å². The van der Waals surface area contributed by atoms with Gasteiger partial charge in [0.2, 0.25) is 5.88 Å². The summed E-state index contributed by atoms with van der Waals surface area (Å²) in [4.78, 5) is 14.4. The molecule has 2 unspecified atom stereocenters. The number of rotatable bonds is 7. The predicted molar refractivity (Wildman–Crippen MR) is 183 cm³/mol. The zero-order chi connectivity index (χ0) is 32.9. The number of amides is 2. The lowest BCUT2D eigenvalue weighted by atomic mass is 9.78. The van der Waals surface area contributed by atoms with Gasteiger partial charge in [0, 0.05) is 18.5 Å². The number of fused-ring (bicyclic) bond motifs is 3. The number of hydrogen-bond donors (Lipinski definition) is 2. The van der Waals surface area contributed by atoms with Crippen LogP contribution in [-0.2, 0) is 47.7 Å². The van der Waals surface area contributed by atoms with E-state index in [1.165, 1.54) is 6.20 Å². The van der Waals surface area contributed by atoms with E-state index in [9.17, 15) is 9.18 Å². The fraction of sp³-hybridized carbons (Fsp3) is 0.263. The highest BCUT2D eigenvalue weighted by atomic mass is 32.2. The third-order valence-electron chi connectivity index (χ3n) is 9.62. The van der Waals surface area contributed by atoms with Crippen LogP contribution in [0.15, 0.2) is 113 Å². The minimum absolute atomic E-state index is 0.182. The van der Waals surface area contributed by atoms with Crippen molar-refractivity contribution in [3.63, 3.8) is 0 Å². The summed E-state index contributed by atoms with van der Waals surface area (Å²) in [5.41, 5.74) is 5.67. The fourth-order valence-corrected chi connectivity index (χ4v) is 9.42. The summed E-state index contributed by atoms with van der Waals surface area (Å²) < 4.78 is 46.3. The molecule has 8 nitrogen and oxygen atoms in total. The quantitative estimate of drug-likeness (QED) is 0.181. The van der Waals surface area contributed by atoms with E-state index in [1.54, 1.807) is 4.68 Å². The van der Waals surface area contributed by atoms with Gasteiger partial charge in [0.25, 0.3) is 0 Å². The summed E-state index contributed by atoms with van der Waals surface area (Å²) in [6.07, 6.45) is 3.45. The molecule has 0 bridgehead atoms. The summed E-state index contributed by atoms with van der Waals surface area (Å²) in [6.45, 7) is 2.39. The number of ether oxygens (including phenoxy) is 1. The van der Waals surface area contributed by atoms with Gasteiger partial charge < -0.3 is 10.1 Å². The minimum atomic E-state index is -3.85. The van der Waals surface area contributed by atoms with Crippen LogP contribution < -0.4 is 14.8 Å². The molecule has 2 amide bonds. The summed E-state index contributed by atoms with van der Waals surface area (Å²) in [7, 11) is -3.85. The molecule has 4 aromatic carbocycles. The second-order valence-corrected chi connectivity index (χ2v) is 14.7. The van der Waals surface area contributed by atoms with Gasteiger partial charge in [-0.1, -0.05) is 97.1 Å². The van der Waals surface area contributed by atoms with Gasteiger partial charge in [0.1, 0.15) is 22.7 Å². The van der Waals surface area contributed by atoms with E-state index in [1.807, 2.05) is 97.9 Å². The zero-order valence-corrected chi connectivity index (χ0v) is 27.4. The number of urea groups is 1. The largest absolute Gasteiger partial charge is 0.472 e. The molecule has 1 aliphatic heterocycles. The second-order valence-electron chi connectivity index (χ2n) is 12.8. The van der Waals surface area contributed by atoms with E-state index >= 15 is 4.21 Å². The molecule has 5 aromatic rings. The molecule has 1 aromatic heterocycles. The number of carbonyl (C=O) groups excluding carboxylic acids is 1. The van der Waals surface area contributed by atoms with Gasteiger partial charge in [0.05, 0.1) is 12.7 Å². The number of carbonyl (C=O) groups is 1. The van der Waals surface area contributed by atoms with Crippen molar-refractivity contribution in [2.24, 2.45) is 4.36 Å². The highest BCUT2D eigenvalue weighted by Crippen LogP contribution is 2.42. The van der Waals surface area contributed by atoms with Gasteiger partial charge in [-0.05, 0) is 65.1 Å². The number of anilines is 1. The molecule has 10 heteroatoms. The molecule has 48 heavy (non-hydrogen) atoms. The van der Waals surface area contributed by atoms with E-state index in [0.717, 1.165) is 58.2 Å².